The van der Waals surface area contributed by atoms with Gasteiger partial charge in [-0.1, -0.05) is 38.2 Å². The summed E-state index contributed by atoms with van der Waals surface area (Å²) in [5.41, 5.74) is 0.543. The van der Waals surface area contributed by atoms with Crippen molar-refractivity contribution in [2.75, 3.05) is 0 Å². The van der Waals surface area contributed by atoms with E-state index in [-0.39, 0.29) is 0 Å². The molecule has 0 heterocycles. The molecule has 0 bridgehead atoms. The lowest BCUT2D eigenvalue weighted by atomic mass is 9.76. The van der Waals surface area contributed by atoms with E-state index < -0.39 is 5.60 Å². The van der Waals surface area contributed by atoms with Crippen LogP contribution >= 0.6 is 0 Å². The maximum atomic E-state index is 10.5. The van der Waals surface area contributed by atoms with Crippen molar-refractivity contribution in [3.8, 4) is 0 Å². The van der Waals surface area contributed by atoms with Crippen LogP contribution in [0.4, 0.5) is 0 Å². The molecule has 0 aromatic carbocycles. The SMILES string of the molecule is CC(C)C1CC=C(C2(O)C=CC=CC2)CC1. The summed E-state index contributed by atoms with van der Waals surface area (Å²) >= 11 is 0. The Hall–Kier alpha value is -0.820. The van der Waals surface area contributed by atoms with E-state index in [0.717, 1.165) is 31.1 Å². The lowest BCUT2D eigenvalue weighted by molar-refractivity contribution is 0.122. The molecule has 0 amide bonds. The minimum atomic E-state index is -0.684. The van der Waals surface area contributed by atoms with Crippen molar-refractivity contribution in [1.82, 2.24) is 0 Å². The van der Waals surface area contributed by atoms with Gasteiger partial charge in [-0.3, -0.25) is 0 Å². The highest BCUT2D eigenvalue weighted by molar-refractivity contribution is 5.32. The third kappa shape index (κ3) is 2.30. The first kappa shape index (κ1) is 11.7. The zero-order valence-corrected chi connectivity index (χ0v) is 10.3. The van der Waals surface area contributed by atoms with Crippen molar-refractivity contribution >= 4 is 0 Å². The molecule has 0 fully saturated rings. The van der Waals surface area contributed by atoms with E-state index in [1.165, 1.54) is 12.0 Å². The molecule has 1 N–H and O–H groups in total. The Labute approximate surface area is 98.6 Å². The van der Waals surface area contributed by atoms with E-state index in [9.17, 15) is 5.11 Å². The fourth-order valence-electron chi connectivity index (χ4n) is 2.70. The van der Waals surface area contributed by atoms with Crippen molar-refractivity contribution in [3.63, 3.8) is 0 Å². The zero-order valence-electron chi connectivity index (χ0n) is 10.3. The maximum Gasteiger partial charge on any atom is 0.107 e. The molecule has 16 heavy (non-hydrogen) atoms. The Balaban J connectivity index is 2.07. The first-order valence-corrected chi connectivity index (χ1v) is 6.38. The fourth-order valence-corrected chi connectivity index (χ4v) is 2.70. The highest BCUT2D eigenvalue weighted by Crippen LogP contribution is 2.37. The zero-order chi connectivity index (χ0) is 11.6. The van der Waals surface area contributed by atoms with Crippen LogP contribution in [0.25, 0.3) is 0 Å². The van der Waals surface area contributed by atoms with Gasteiger partial charge in [0.1, 0.15) is 5.60 Å². The van der Waals surface area contributed by atoms with Gasteiger partial charge in [0.2, 0.25) is 0 Å². The Kier molecular flexibility index (Phi) is 3.34. The molecule has 0 aliphatic heterocycles. The second-order valence-corrected chi connectivity index (χ2v) is 5.42. The minimum Gasteiger partial charge on any atom is -0.381 e. The summed E-state index contributed by atoms with van der Waals surface area (Å²) in [5, 5.41) is 10.5. The van der Waals surface area contributed by atoms with E-state index in [4.69, 9.17) is 0 Å². The summed E-state index contributed by atoms with van der Waals surface area (Å²) in [7, 11) is 0. The average Bonchev–Trinajstić information content (AvgIpc) is 2.30. The van der Waals surface area contributed by atoms with Crippen LogP contribution in [0.2, 0.25) is 0 Å². The van der Waals surface area contributed by atoms with Crippen molar-refractivity contribution in [1.29, 1.82) is 0 Å². The second kappa shape index (κ2) is 4.58. The smallest absolute Gasteiger partial charge is 0.107 e. The van der Waals surface area contributed by atoms with Gasteiger partial charge in [0.15, 0.2) is 0 Å². The predicted octanol–water partition coefficient (Wildman–Crippen LogP) is 3.62. The third-order valence-electron chi connectivity index (χ3n) is 4.00. The van der Waals surface area contributed by atoms with Gasteiger partial charge in [-0.15, -0.1) is 0 Å². The number of hydrogen-bond acceptors (Lipinski definition) is 1. The van der Waals surface area contributed by atoms with Crippen molar-refractivity contribution in [2.45, 2.75) is 45.1 Å². The third-order valence-corrected chi connectivity index (χ3v) is 4.00. The molecule has 2 atom stereocenters. The summed E-state index contributed by atoms with van der Waals surface area (Å²) in [6.45, 7) is 4.59. The summed E-state index contributed by atoms with van der Waals surface area (Å²) < 4.78 is 0. The summed E-state index contributed by atoms with van der Waals surface area (Å²) in [5.74, 6) is 1.56. The van der Waals surface area contributed by atoms with Gasteiger partial charge in [0, 0.05) is 6.42 Å². The lowest BCUT2D eigenvalue weighted by Crippen LogP contribution is -2.31. The normalized spacial score (nSPS) is 34.2. The summed E-state index contributed by atoms with van der Waals surface area (Å²) in [6.07, 6.45) is 14.4. The van der Waals surface area contributed by atoms with Crippen LogP contribution in [-0.2, 0) is 0 Å². The number of hydrogen-bond donors (Lipinski definition) is 1. The van der Waals surface area contributed by atoms with Crippen LogP contribution in [0.1, 0.15) is 39.5 Å². The Morgan fingerprint density at radius 1 is 1.38 bits per heavy atom. The van der Waals surface area contributed by atoms with E-state index in [1.54, 1.807) is 0 Å². The molecular formula is C15H22O. The molecule has 2 aliphatic rings. The molecule has 1 nitrogen and oxygen atoms in total. The minimum absolute atomic E-state index is 0.684. The first-order chi connectivity index (χ1) is 7.62. The second-order valence-electron chi connectivity index (χ2n) is 5.42. The molecule has 1 heteroatoms. The van der Waals surface area contributed by atoms with Crippen LogP contribution in [-0.4, -0.2) is 10.7 Å². The standard InChI is InChI=1S/C15H22O/c1-12(2)13-6-8-14(9-7-13)15(16)10-4-3-5-11-15/h3-5,8,10,12-13,16H,6-7,9,11H2,1-2H3. The molecule has 2 rings (SSSR count). The van der Waals surface area contributed by atoms with Crippen molar-refractivity contribution in [3.05, 3.63) is 36.0 Å². The lowest BCUT2D eigenvalue weighted by Gasteiger charge is -2.33. The predicted molar refractivity (Wildman–Crippen MR) is 68.1 cm³/mol. The fraction of sp³-hybridized carbons (Fsp3) is 0.600. The molecular weight excluding hydrogens is 196 g/mol. The molecule has 0 saturated heterocycles. The number of rotatable bonds is 2. The largest absolute Gasteiger partial charge is 0.381 e. The van der Waals surface area contributed by atoms with Gasteiger partial charge >= 0.3 is 0 Å². The molecule has 2 unspecified atom stereocenters. The summed E-state index contributed by atoms with van der Waals surface area (Å²) in [4.78, 5) is 0. The van der Waals surface area contributed by atoms with Crippen molar-refractivity contribution < 1.29 is 5.11 Å². The number of aliphatic hydroxyl groups is 1. The molecule has 0 aromatic heterocycles. The quantitative estimate of drug-likeness (QED) is 0.702. The Morgan fingerprint density at radius 2 is 2.19 bits per heavy atom. The molecule has 0 radical (unpaired) electrons. The van der Waals surface area contributed by atoms with Crippen molar-refractivity contribution in [2.24, 2.45) is 11.8 Å². The molecule has 2 aliphatic carbocycles. The first-order valence-electron chi connectivity index (χ1n) is 6.38. The monoisotopic (exact) mass is 218 g/mol. The van der Waals surface area contributed by atoms with E-state index in [2.05, 4.69) is 26.0 Å². The van der Waals surface area contributed by atoms with Crippen LogP contribution in [0, 0.1) is 11.8 Å². The molecule has 0 spiro atoms. The van der Waals surface area contributed by atoms with Crippen LogP contribution in [0.15, 0.2) is 36.0 Å². The van der Waals surface area contributed by atoms with Gasteiger partial charge in [0.25, 0.3) is 0 Å². The van der Waals surface area contributed by atoms with Crippen LogP contribution in [0.5, 0.6) is 0 Å². The highest BCUT2D eigenvalue weighted by Gasteiger charge is 2.31. The Morgan fingerprint density at radius 3 is 2.69 bits per heavy atom. The van der Waals surface area contributed by atoms with Gasteiger partial charge in [-0.05, 0) is 42.7 Å². The number of allylic oxidation sites excluding steroid dienone is 3. The topological polar surface area (TPSA) is 20.2 Å². The van der Waals surface area contributed by atoms with Gasteiger partial charge in [-0.2, -0.15) is 0 Å². The Bertz CT molecular complexity index is 335. The summed E-state index contributed by atoms with van der Waals surface area (Å²) in [6, 6.07) is 0. The van der Waals surface area contributed by atoms with E-state index in [1.807, 2.05) is 18.2 Å². The van der Waals surface area contributed by atoms with Gasteiger partial charge in [0.05, 0.1) is 0 Å². The molecule has 0 saturated carbocycles. The van der Waals surface area contributed by atoms with Crippen LogP contribution < -0.4 is 0 Å². The van der Waals surface area contributed by atoms with Gasteiger partial charge in [-0.25, -0.2) is 0 Å². The average molecular weight is 218 g/mol. The van der Waals surface area contributed by atoms with E-state index >= 15 is 0 Å². The van der Waals surface area contributed by atoms with E-state index in [0.29, 0.717) is 0 Å². The molecule has 0 aromatic rings. The molecule has 88 valence electrons. The highest BCUT2D eigenvalue weighted by atomic mass is 16.3. The van der Waals surface area contributed by atoms with Gasteiger partial charge < -0.3 is 5.11 Å². The van der Waals surface area contributed by atoms with Crippen LogP contribution in [0.3, 0.4) is 0 Å². The maximum absolute atomic E-state index is 10.5.